The molecule has 0 unspecified atom stereocenters. The van der Waals surface area contributed by atoms with Crippen LogP contribution in [0.2, 0.25) is 0 Å². The molecule has 2 heteroatoms. The molecular weight excluding hydrogens is 358 g/mol. The number of hydrogen-bond acceptors (Lipinski definition) is 2. The van der Waals surface area contributed by atoms with E-state index in [0.717, 1.165) is 6.54 Å². The quantitative estimate of drug-likeness (QED) is 0.357. The maximum Gasteiger partial charge on any atom is 0.0632 e. The molecule has 144 valence electrons. The highest BCUT2D eigenvalue weighted by Crippen LogP contribution is 2.51. The normalized spacial score (nSPS) is 12.5. The van der Waals surface area contributed by atoms with Crippen LogP contribution in [0.3, 0.4) is 0 Å². The summed E-state index contributed by atoms with van der Waals surface area (Å²) in [5.74, 6) is 0. The molecule has 0 aliphatic carbocycles. The van der Waals surface area contributed by atoms with Gasteiger partial charge in [0.15, 0.2) is 0 Å². The summed E-state index contributed by atoms with van der Waals surface area (Å²) < 4.78 is 0. The highest BCUT2D eigenvalue weighted by atomic mass is 32.2. The van der Waals surface area contributed by atoms with Crippen LogP contribution in [0.25, 0.3) is 11.1 Å². The molecule has 4 rings (SSSR count). The third-order valence-corrected chi connectivity index (χ3v) is 6.58. The molecule has 0 fully saturated rings. The molecule has 1 aliphatic rings. The molecule has 0 aromatic heterocycles. The first-order chi connectivity index (χ1) is 13.9. The van der Waals surface area contributed by atoms with E-state index in [-0.39, 0.29) is 0 Å². The van der Waals surface area contributed by atoms with Crippen LogP contribution in [0.1, 0.15) is 45.4 Å². The molecular formula is C26H29NS. The van der Waals surface area contributed by atoms with Gasteiger partial charge in [-0.2, -0.15) is 0 Å². The van der Waals surface area contributed by atoms with E-state index >= 15 is 0 Å². The fourth-order valence-electron chi connectivity index (χ4n) is 4.02. The highest BCUT2D eigenvalue weighted by molar-refractivity contribution is 7.99. The van der Waals surface area contributed by atoms with Crippen LogP contribution in [-0.2, 0) is 0 Å². The Bertz CT molecular complexity index is 903. The summed E-state index contributed by atoms with van der Waals surface area (Å²) in [6.07, 6.45) is 7.95. The number of para-hydroxylation sites is 2. The molecule has 28 heavy (non-hydrogen) atoms. The van der Waals surface area contributed by atoms with E-state index in [1.807, 2.05) is 11.8 Å². The van der Waals surface area contributed by atoms with Crippen molar-refractivity contribution in [2.75, 3.05) is 11.4 Å². The third-order valence-electron chi connectivity index (χ3n) is 5.46. The summed E-state index contributed by atoms with van der Waals surface area (Å²) in [7, 11) is 0. The Balaban J connectivity index is 1.65. The van der Waals surface area contributed by atoms with Gasteiger partial charge in [-0.3, -0.25) is 0 Å². The lowest BCUT2D eigenvalue weighted by Crippen LogP contribution is -2.22. The van der Waals surface area contributed by atoms with E-state index in [1.54, 1.807) is 0 Å². The van der Waals surface area contributed by atoms with Crippen molar-refractivity contribution < 1.29 is 0 Å². The van der Waals surface area contributed by atoms with Crippen molar-refractivity contribution in [3.63, 3.8) is 0 Å². The zero-order valence-electron chi connectivity index (χ0n) is 16.7. The minimum atomic E-state index is 1.08. The second-order valence-electron chi connectivity index (χ2n) is 7.51. The molecule has 1 aliphatic heterocycles. The molecule has 1 nitrogen and oxygen atoms in total. The Kier molecular flexibility index (Phi) is 6.38. The predicted octanol–water partition coefficient (Wildman–Crippen LogP) is 8.32. The molecule has 0 atom stereocenters. The fraction of sp³-hybridized carbons (Fsp3) is 0.308. The number of unbranched alkanes of at least 4 members (excludes halogenated alkanes) is 5. The van der Waals surface area contributed by atoms with Gasteiger partial charge >= 0.3 is 0 Å². The van der Waals surface area contributed by atoms with E-state index in [9.17, 15) is 0 Å². The second kappa shape index (κ2) is 9.34. The van der Waals surface area contributed by atoms with E-state index < -0.39 is 0 Å². The van der Waals surface area contributed by atoms with Gasteiger partial charge in [0, 0.05) is 21.9 Å². The molecule has 0 amide bonds. The monoisotopic (exact) mass is 387 g/mol. The van der Waals surface area contributed by atoms with Crippen LogP contribution in [0.5, 0.6) is 0 Å². The fourth-order valence-corrected chi connectivity index (χ4v) is 5.15. The maximum absolute atomic E-state index is 2.57. The van der Waals surface area contributed by atoms with Crippen LogP contribution < -0.4 is 4.90 Å². The highest BCUT2D eigenvalue weighted by Gasteiger charge is 2.25. The summed E-state index contributed by atoms with van der Waals surface area (Å²) in [5.41, 5.74) is 5.38. The van der Waals surface area contributed by atoms with Gasteiger partial charge in [0.2, 0.25) is 0 Å². The smallest absolute Gasteiger partial charge is 0.0632 e. The number of hydrogen-bond donors (Lipinski definition) is 0. The van der Waals surface area contributed by atoms with Crippen molar-refractivity contribution in [2.45, 2.75) is 55.2 Å². The molecule has 0 radical (unpaired) electrons. The molecule has 0 saturated carbocycles. The zero-order chi connectivity index (χ0) is 19.2. The molecule has 3 aromatic carbocycles. The predicted molar refractivity (Wildman–Crippen MR) is 123 cm³/mol. The lowest BCUT2D eigenvalue weighted by atomic mass is 10.0. The summed E-state index contributed by atoms with van der Waals surface area (Å²) in [6.45, 7) is 3.37. The average Bonchev–Trinajstić information content (AvgIpc) is 2.75. The molecule has 0 spiro atoms. The molecule has 0 N–H and O–H groups in total. The van der Waals surface area contributed by atoms with Gasteiger partial charge in [-0.25, -0.2) is 0 Å². The van der Waals surface area contributed by atoms with Crippen molar-refractivity contribution >= 4 is 23.1 Å². The number of anilines is 2. The summed E-state index contributed by atoms with van der Waals surface area (Å²) >= 11 is 1.90. The standard InChI is InChI=1S/C26H29NS/c1-2-3-4-5-6-12-20-27-23-17-10-11-18-24(23)28-25-19-13-16-22(26(25)27)21-14-8-7-9-15-21/h7-11,13-19H,2-6,12,20H2,1H3. The maximum atomic E-state index is 2.57. The van der Waals surface area contributed by atoms with Crippen LogP contribution in [0.4, 0.5) is 11.4 Å². The van der Waals surface area contributed by atoms with Crippen molar-refractivity contribution in [3.05, 3.63) is 72.8 Å². The number of benzene rings is 3. The summed E-state index contributed by atoms with van der Waals surface area (Å²) in [4.78, 5) is 5.31. The van der Waals surface area contributed by atoms with Crippen LogP contribution in [0, 0.1) is 0 Å². The lowest BCUT2D eigenvalue weighted by Gasteiger charge is -2.34. The number of rotatable bonds is 8. The Labute approximate surface area is 173 Å². The van der Waals surface area contributed by atoms with Gasteiger partial charge in [0.25, 0.3) is 0 Å². The number of nitrogens with zero attached hydrogens (tertiary/aromatic N) is 1. The van der Waals surface area contributed by atoms with Crippen LogP contribution in [-0.4, -0.2) is 6.54 Å². The van der Waals surface area contributed by atoms with E-state index in [1.165, 1.54) is 70.8 Å². The second-order valence-corrected chi connectivity index (χ2v) is 8.59. The summed E-state index contributed by atoms with van der Waals surface area (Å²) in [6, 6.07) is 26.4. The minimum Gasteiger partial charge on any atom is -0.339 e. The Morgan fingerprint density at radius 3 is 2.25 bits per heavy atom. The number of fused-ring (bicyclic) bond motifs is 2. The van der Waals surface area contributed by atoms with Crippen molar-refractivity contribution in [3.8, 4) is 11.1 Å². The van der Waals surface area contributed by atoms with Gasteiger partial charge in [0.1, 0.15) is 0 Å². The van der Waals surface area contributed by atoms with Crippen molar-refractivity contribution in [1.82, 2.24) is 0 Å². The van der Waals surface area contributed by atoms with Gasteiger partial charge in [-0.05, 0) is 30.2 Å². The van der Waals surface area contributed by atoms with E-state index in [4.69, 9.17) is 0 Å². The minimum absolute atomic E-state index is 1.08. The van der Waals surface area contributed by atoms with Crippen molar-refractivity contribution in [1.29, 1.82) is 0 Å². The zero-order valence-corrected chi connectivity index (χ0v) is 17.5. The third kappa shape index (κ3) is 4.12. The van der Waals surface area contributed by atoms with Gasteiger partial charge in [0.05, 0.1) is 11.4 Å². The van der Waals surface area contributed by atoms with Gasteiger partial charge in [-0.1, -0.05) is 105 Å². The topological polar surface area (TPSA) is 3.24 Å². The van der Waals surface area contributed by atoms with E-state index in [2.05, 4.69) is 84.6 Å². The van der Waals surface area contributed by atoms with Crippen molar-refractivity contribution in [2.24, 2.45) is 0 Å². The summed E-state index contributed by atoms with van der Waals surface area (Å²) in [5, 5.41) is 0. The first-order valence-corrected chi connectivity index (χ1v) is 11.4. The Hall–Kier alpha value is -2.19. The molecule has 0 bridgehead atoms. The van der Waals surface area contributed by atoms with E-state index in [0.29, 0.717) is 0 Å². The first-order valence-electron chi connectivity index (χ1n) is 10.6. The lowest BCUT2D eigenvalue weighted by molar-refractivity contribution is 0.608. The van der Waals surface area contributed by atoms with Gasteiger partial charge in [-0.15, -0.1) is 0 Å². The SMILES string of the molecule is CCCCCCCCN1c2ccccc2Sc2cccc(-c3ccccc3)c21. The van der Waals surface area contributed by atoms with Crippen LogP contribution >= 0.6 is 11.8 Å². The van der Waals surface area contributed by atoms with Crippen LogP contribution in [0.15, 0.2) is 82.6 Å². The molecule has 1 heterocycles. The Morgan fingerprint density at radius 1 is 0.679 bits per heavy atom. The average molecular weight is 388 g/mol. The Morgan fingerprint density at radius 2 is 1.39 bits per heavy atom. The van der Waals surface area contributed by atoms with Gasteiger partial charge < -0.3 is 4.90 Å². The molecule has 3 aromatic rings. The molecule has 0 saturated heterocycles. The first kappa shape index (κ1) is 19.1. The largest absolute Gasteiger partial charge is 0.339 e.